The van der Waals surface area contributed by atoms with Crippen molar-refractivity contribution < 1.29 is 26.5 Å². The van der Waals surface area contributed by atoms with Crippen molar-refractivity contribution in [1.29, 1.82) is 0 Å². The molecule has 6 rings (SSSR count). The molecular weight excluding hydrogens is 548 g/mol. The molecule has 0 amide bonds. The van der Waals surface area contributed by atoms with E-state index in [0.29, 0.717) is 12.4 Å². The van der Waals surface area contributed by atoms with Crippen LogP contribution in [0.5, 0.6) is 0 Å². The van der Waals surface area contributed by atoms with Gasteiger partial charge < -0.3 is 18.1 Å². The van der Waals surface area contributed by atoms with Gasteiger partial charge in [0.1, 0.15) is 16.8 Å². The van der Waals surface area contributed by atoms with E-state index in [1.807, 2.05) is 6.92 Å². The molecule has 4 bridgehead atoms. The van der Waals surface area contributed by atoms with Crippen LogP contribution in [0.3, 0.4) is 0 Å². The summed E-state index contributed by atoms with van der Waals surface area (Å²) in [5, 5.41) is 0. The fourth-order valence-corrected chi connectivity index (χ4v) is 11.3. The number of benzene rings is 1. The lowest BCUT2D eigenvalue weighted by atomic mass is 9.39. The van der Waals surface area contributed by atoms with E-state index in [9.17, 15) is 8.42 Å². The Kier molecular flexibility index (Phi) is 5.68. The van der Waals surface area contributed by atoms with E-state index in [0.717, 1.165) is 22.9 Å². The van der Waals surface area contributed by atoms with Gasteiger partial charge in [-0.2, -0.15) is 8.42 Å². The van der Waals surface area contributed by atoms with E-state index >= 15 is 0 Å². The summed E-state index contributed by atoms with van der Waals surface area (Å²) in [5.74, 6) is -0.289. The maximum Gasteiger partial charge on any atom is 0.338 e. The average Bonchev–Trinajstić information content (AvgIpc) is 3.21. The number of hydrogen-bond acceptors (Lipinski definition) is 6. The van der Waals surface area contributed by atoms with Crippen LogP contribution in [-0.2, 0) is 28.2 Å². The van der Waals surface area contributed by atoms with Crippen LogP contribution in [0.2, 0.25) is 19.6 Å². The summed E-state index contributed by atoms with van der Waals surface area (Å²) in [6.07, 6.45) is 1.67. The third-order valence-electron chi connectivity index (χ3n) is 9.57. The fraction of sp³-hybridized carbons (Fsp3) is 0.692. The highest BCUT2D eigenvalue weighted by atomic mass is 79.9. The number of hydrogen-bond donors (Lipinski definition) is 0. The van der Waals surface area contributed by atoms with Crippen LogP contribution >= 0.6 is 15.9 Å². The fourth-order valence-electron chi connectivity index (χ4n) is 7.77. The smallest absolute Gasteiger partial charge is 0.338 e. The van der Waals surface area contributed by atoms with Gasteiger partial charge in [0, 0.05) is 22.4 Å². The predicted molar refractivity (Wildman–Crippen MR) is 140 cm³/mol. The van der Waals surface area contributed by atoms with E-state index in [-0.39, 0.29) is 28.3 Å². The van der Waals surface area contributed by atoms with Crippen molar-refractivity contribution in [3.63, 3.8) is 0 Å². The quantitative estimate of drug-likeness (QED) is 0.303. The molecule has 4 aliphatic carbocycles. The molecule has 194 valence electrons. The second kappa shape index (κ2) is 7.66. The minimum absolute atomic E-state index is 0.134. The Hall–Kier alpha value is -0.713. The third kappa shape index (κ3) is 3.00. The zero-order chi connectivity index (χ0) is 25.8. The lowest BCUT2D eigenvalue weighted by Crippen LogP contribution is -2.76. The van der Waals surface area contributed by atoms with Gasteiger partial charge in [0.2, 0.25) is 5.79 Å². The lowest BCUT2D eigenvalue weighted by Gasteiger charge is -2.69. The summed E-state index contributed by atoms with van der Waals surface area (Å²) in [6, 6.07) is 6.76. The predicted octanol–water partition coefficient (Wildman–Crippen LogP) is 5.97. The van der Waals surface area contributed by atoms with Gasteiger partial charge in [-0.15, -0.1) is 0 Å². The molecule has 0 aromatic heterocycles. The van der Waals surface area contributed by atoms with E-state index in [1.54, 1.807) is 31.4 Å². The first-order valence-corrected chi connectivity index (χ1v) is 18.0. The first-order valence-electron chi connectivity index (χ1n) is 12.4. The maximum atomic E-state index is 13.6. The third-order valence-corrected chi connectivity index (χ3v) is 12.8. The van der Waals surface area contributed by atoms with Gasteiger partial charge in [0.05, 0.1) is 12.0 Å². The molecule has 1 saturated heterocycles. The maximum absolute atomic E-state index is 13.6. The normalized spacial score (nSPS) is 42.5. The van der Waals surface area contributed by atoms with Gasteiger partial charge in [-0.1, -0.05) is 47.5 Å². The van der Waals surface area contributed by atoms with Gasteiger partial charge in [-0.05, 0) is 70.3 Å². The van der Waals surface area contributed by atoms with E-state index in [4.69, 9.17) is 18.1 Å². The van der Waals surface area contributed by atoms with Crippen molar-refractivity contribution in [2.45, 2.75) is 77.0 Å². The van der Waals surface area contributed by atoms with Crippen LogP contribution in [-0.4, -0.2) is 42.3 Å². The van der Waals surface area contributed by atoms with E-state index in [2.05, 4.69) is 56.3 Å². The van der Waals surface area contributed by atoms with Gasteiger partial charge >= 0.3 is 10.1 Å². The molecule has 6 nitrogen and oxygen atoms in total. The van der Waals surface area contributed by atoms with Gasteiger partial charge in [-0.25, -0.2) is 0 Å². The van der Waals surface area contributed by atoms with Crippen LogP contribution in [0.4, 0.5) is 0 Å². The number of methoxy groups -OCH3 is 1. The molecule has 7 atom stereocenters. The number of halogens is 1. The van der Waals surface area contributed by atoms with E-state index in [1.165, 1.54) is 0 Å². The molecule has 3 fully saturated rings. The molecule has 1 aromatic carbocycles. The summed E-state index contributed by atoms with van der Waals surface area (Å²) in [4.78, 5) is 0.134. The monoisotopic (exact) mass is 584 g/mol. The topological polar surface area (TPSA) is 71.1 Å². The van der Waals surface area contributed by atoms with Crippen molar-refractivity contribution in [2.24, 2.45) is 28.1 Å². The van der Waals surface area contributed by atoms with Crippen molar-refractivity contribution in [3.05, 3.63) is 40.1 Å². The number of aryl methyl sites for hydroxylation is 1. The van der Waals surface area contributed by atoms with Crippen molar-refractivity contribution in [1.82, 2.24) is 0 Å². The molecule has 35 heavy (non-hydrogen) atoms. The molecule has 1 heterocycles. The summed E-state index contributed by atoms with van der Waals surface area (Å²) < 4.78 is 54.2. The Morgan fingerprint density at radius 1 is 1.11 bits per heavy atom. The first kappa shape index (κ1) is 25.9. The standard InChI is InChI=1S/C26H37BrO6SSi/c1-16-9-12-18(13-10-16)34(28,29)32-21-20(27)25-17(2)11-14-19(25)23(3)15-31-26(30-5,24(21,23)4)22(25)33-35(6,7)8/h9-10,12-13,17,19,22H,11,14-15H2,1-8H3. The number of rotatable bonds is 6. The Balaban J connectivity index is 1.78. The minimum Gasteiger partial charge on any atom is -0.408 e. The van der Waals surface area contributed by atoms with E-state index < -0.39 is 35.1 Å². The summed E-state index contributed by atoms with van der Waals surface area (Å²) in [5.41, 5.74) is -0.787. The largest absolute Gasteiger partial charge is 0.408 e. The molecule has 1 aromatic rings. The van der Waals surface area contributed by atoms with Crippen LogP contribution in [0.15, 0.2) is 39.4 Å². The Morgan fingerprint density at radius 2 is 1.74 bits per heavy atom. The summed E-state index contributed by atoms with van der Waals surface area (Å²) >= 11 is 3.94. The zero-order valence-electron chi connectivity index (χ0n) is 21.9. The molecule has 1 spiro atoms. The molecule has 2 saturated carbocycles. The molecule has 7 unspecified atom stereocenters. The lowest BCUT2D eigenvalue weighted by molar-refractivity contribution is -0.337. The van der Waals surface area contributed by atoms with Crippen molar-refractivity contribution >= 4 is 34.4 Å². The Morgan fingerprint density at radius 3 is 2.31 bits per heavy atom. The average molecular weight is 586 g/mol. The molecule has 0 N–H and O–H groups in total. The van der Waals surface area contributed by atoms with Crippen molar-refractivity contribution in [3.8, 4) is 0 Å². The zero-order valence-corrected chi connectivity index (χ0v) is 25.3. The van der Waals surface area contributed by atoms with Gasteiger partial charge in [0.25, 0.3) is 0 Å². The molecule has 0 radical (unpaired) electrons. The van der Waals surface area contributed by atoms with Gasteiger partial charge in [-0.3, -0.25) is 0 Å². The molecule has 1 aliphatic heterocycles. The highest BCUT2D eigenvalue weighted by Gasteiger charge is 2.88. The summed E-state index contributed by atoms with van der Waals surface area (Å²) in [6.45, 7) is 15.4. The SMILES string of the molecule is COC12OCC3(C)C4CCC(C)C4(C(Br)=C(OS(=O)(=O)c4ccc(C)cc4)C31C)C2O[Si](C)(C)C. The minimum atomic E-state index is -4.08. The highest BCUT2D eigenvalue weighted by Crippen LogP contribution is 2.83. The second-order valence-electron chi connectivity index (χ2n) is 12.3. The summed E-state index contributed by atoms with van der Waals surface area (Å²) in [7, 11) is -4.48. The van der Waals surface area contributed by atoms with Gasteiger partial charge in [0.15, 0.2) is 8.32 Å². The second-order valence-corrected chi connectivity index (χ2v) is 19.1. The van der Waals surface area contributed by atoms with Crippen LogP contribution in [0.25, 0.3) is 0 Å². The molecule has 5 aliphatic rings. The van der Waals surface area contributed by atoms with Crippen LogP contribution in [0.1, 0.15) is 39.2 Å². The molecule has 9 heteroatoms. The van der Waals surface area contributed by atoms with Crippen molar-refractivity contribution in [2.75, 3.05) is 13.7 Å². The Bertz CT molecular complexity index is 1190. The first-order chi connectivity index (χ1) is 16.1. The van der Waals surface area contributed by atoms with Crippen LogP contribution in [0, 0.1) is 35.0 Å². The number of ether oxygens (including phenoxy) is 2. The van der Waals surface area contributed by atoms with Crippen LogP contribution < -0.4 is 0 Å². The molecular formula is C26H37BrO6SSi. The highest BCUT2D eigenvalue weighted by molar-refractivity contribution is 9.11. The Labute approximate surface area is 219 Å².